The van der Waals surface area contributed by atoms with Crippen LogP contribution in [0.25, 0.3) is 11.3 Å². The number of nitrogens with one attached hydrogen (secondary N) is 2. The molecule has 0 saturated heterocycles. The van der Waals surface area contributed by atoms with E-state index in [4.69, 9.17) is 0 Å². The summed E-state index contributed by atoms with van der Waals surface area (Å²) in [5.41, 5.74) is 4.68. The molecule has 0 fully saturated rings. The van der Waals surface area contributed by atoms with E-state index in [1.165, 1.54) is 16.7 Å². The number of hydrogen-bond donors (Lipinski definition) is 2. The normalized spacial score (nSPS) is 11.8. The van der Waals surface area contributed by atoms with Crippen LogP contribution < -0.4 is 5.32 Å². The highest BCUT2D eigenvalue weighted by atomic mass is 15.0. The zero-order valence-corrected chi connectivity index (χ0v) is 11.8. The van der Waals surface area contributed by atoms with Gasteiger partial charge in [-0.25, -0.2) is 4.98 Å². The monoisotopic (exact) mass is 243 g/mol. The minimum Gasteiger partial charge on any atom is -0.340 e. The zero-order chi connectivity index (χ0) is 13.3. The van der Waals surface area contributed by atoms with Gasteiger partial charge in [0.1, 0.15) is 5.82 Å². The van der Waals surface area contributed by atoms with Gasteiger partial charge in [-0.3, -0.25) is 0 Å². The van der Waals surface area contributed by atoms with Crippen LogP contribution in [-0.2, 0) is 5.54 Å². The lowest BCUT2D eigenvalue weighted by atomic mass is 10.0. The van der Waals surface area contributed by atoms with Gasteiger partial charge in [-0.1, -0.05) is 17.7 Å². The summed E-state index contributed by atoms with van der Waals surface area (Å²) < 4.78 is 0. The molecule has 0 aliphatic heterocycles. The second-order valence-corrected chi connectivity index (χ2v) is 5.34. The highest BCUT2D eigenvalue weighted by Crippen LogP contribution is 2.25. The number of aryl methyl sites for hydroxylation is 2. The Balaban J connectivity index is 2.44. The average Bonchev–Trinajstić information content (AvgIpc) is 2.82. The first kappa shape index (κ1) is 12.8. The summed E-state index contributed by atoms with van der Waals surface area (Å²) in [7, 11) is 1.94. The molecule has 1 heterocycles. The van der Waals surface area contributed by atoms with E-state index in [1.807, 2.05) is 13.2 Å². The van der Waals surface area contributed by atoms with Gasteiger partial charge < -0.3 is 10.3 Å². The Labute approximate surface area is 109 Å². The Hall–Kier alpha value is -1.61. The van der Waals surface area contributed by atoms with Crippen LogP contribution in [0.3, 0.4) is 0 Å². The molecule has 3 heteroatoms. The molecule has 0 amide bonds. The highest BCUT2D eigenvalue weighted by molar-refractivity contribution is 5.64. The maximum atomic E-state index is 4.49. The molecule has 0 aliphatic rings. The van der Waals surface area contributed by atoms with Gasteiger partial charge in [-0.05, 0) is 46.4 Å². The lowest BCUT2D eigenvalue weighted by molar-refractivity contribution is 0.421. The average molecular weight is 243 g/mol. The van der Waals surface area contributed by atoms with Crippen LogP contribution in [0, 0.1) is 13.8 Å². The van der Waals surface area contributed by atoms with Crippen LogP contribution in [0.2, 0.25) is 0 Å². The number of hydrogen-bond acceptors (Lipinski definition) is 2. The third kappa shape index (κ3) is 2.31. The fraction of sp³-hybridized carbons (Fsp3) is 0.400. The van der Waals surface area contributed by atoms with Crippen LogP contribution in [0.5, 0.6) is 0 Å². The molecule has 0 spiro atoms. The van der Waals surface area contributed by atoms with Gasteiger partial charge in [0, 0.05) is 5.56 Å². The topological polar surface area (TPSA) is 40.7 Å². The van der Waals surface area contributed by atoms with Crippen LogP contribution >= 0.6 is 0 Å². The molecule has 2 aromatic rings. The second-order valence-electron chi connectivity index (χ2n) is 5.34. The quantitative estimate of drug-likeness (QED) is 0.869. The van der Waals surface area contributed by atoms with Crippen molar-refractivity contribution in [2.75, 3.05) is 7.05 Å². The third-order valence-corrected chi connectivity index (χ3v) is 3.48. The second kappa shape index (κ2) is 4.58. The van der Waals surface area contributed by atoms with E-state index in [1.54, 1.807) is 0 Å². The van der Waals surface area contributed by atoms with Crippen molar-refractivity contribution in [2.24, 2.45) is 0 Å². The van der Waals surface area contributed by atoms with E-state index in [0.29, 0.717) is 0 Å². The minimum absolute atomic E-state index is 0.143. The van der Waals surface area contributed by atoms with Gasteiger partial charge >= 0.3 is 0 Å². The number of aromatic amines is 1. The SMILES string of the molecule is CNC(C)(C)c1ncc(-c2cc(C)ccc2C)[nH]1. The van der Waals surface area contributed by atoms with E-state index in [0.717, 1.165) is 11.5 Å². The maximum absolute atomic E-state index is 4.49. The molecule has 1 aromatic carbocycles. The third-order valence-electron chi connectivity index (χ3n) is 3.48. The van der Waals surface area contributed by atoms with Gasteiger partial charge in [-0.2, -0.15) is 0 Å². The number of benzene rings is 1. The number of imidazole rings is 1. The van der Waals surface area contributed by atoms with Gasteiger partial charge in [0.2, 0.25) is 0 Å². The Morgan fingerprint density at radius 2 is 1.94 bits per heavy atom. The van der Waals surface area contributed by atoms with Crippen molar-refractivity contribution in [3.63, 3.8) is 0 Å². The highest BCUT2D eigenvalue weighted by Gasteiger charge is 2.21. The Morgan fingerprint density at radius 3 is 2.61 bits per heavy atom. The fourth-order valence-corrected chi connectivity index (χ4v) is 1.92. The van der Waals surface area contributed by atoms with Crippen LogP contribution in [-0.4, -0.2) is 17.0 Å². The van der Waals surface area contributed by atoms with Gasteiger partial charge in [0.25, 0.3) is 0 Å². The molecule has 0 atom stereocenters. The molecule has 0 radical (unpaired) electrons. The molecular formula is C15H21N3. The van der Waals surface area contributed by atoms with Crippen LogP contribution in [0.1, 0.15) is 30.8 Å². The number of nitrogens with zero attached hydrogens (tertiary/aromatic N) is 1. The Kier molecular flexibility index (Phi) is 3.26. The number of rotatable bonds is 3. The van der Waals surface area contributed by atoms with Crippen molar-refractivity contribution >= 4 is 0 Å². The molecule has 96 valence electrons. The lowest BCUT2D eigenvalue weighted by Gasteiger charge is -2.20. The van der Waals surface area contributed by atoms with Crippen molar-refractivity contribution < 1.29 is 0 Å². The summed E-state index contributed by atoms with van der Waals surface area (Å²) in [5, 5.41) is 3.25. The number of aromatic nitrogens is 2. The van der Waals surface area contributed by atoms with Gasteiger partial charge in [0.15, 0.2) is 0 Å². The summed E-state index contributed by atoms with van der Waals surface area (Å²) in [5.74, 6) is 0.959. The largest absolute Gasteiger partial charge is 0.340 e. The standard InChI is InChI=1S/C15H21N3/c1-10-6-7-11(2)12(8-10)13-9-17-14(18-13)15(3,4)16-5/h6-9,16H,1-5H3,(H,17,18). The van der Waals surface area contributed by atoms with Crippen molar-refractivity contribution in [3.8, 4) is 11.3 Å². The molecule has 0 unspecified atom stereocenters. The van der Waals surface area contributed by atoms with Gasteiger partial charge in [-0.15, -0.1) is 0 Å². The fourth-order valence-electron chi connectivity index (χ4n) is 1.92. The summed E-state index contributed by atoms with van der Waals surface area (Å²) in [4.78, 5) is 7.90. The van der Waals surface area contributed by atoms with Crippen LogP contribution in [0.15, 0.2) is 24.4 Å². The van der Waals surface area contributed by atoms with E-state index in [9.17, 15) is 0 Å². The van der Waals surface area contributed by atoms with Gasteiger partial charge in [0.05, 0.1) is 17.4 Å². The molecule has 0 aliphatic carbocycles. The van der Waals surface area contributed by atoms with Crippen molar-refractivity contribution in [1.82, 2.24) is 15.3 Å². The van der Waals surface area contributed by atoms with Crippen LogP contribution in [0.4, 0.5) is 0 Å². The van der Waals surface area contributed by atoms with Crippen molar-refractivity contribution in [1.29, 1.82) is 0 Å². The molecular weight excluding hydrogens is 222 g/mol. The first-order chi connectivity index (χ1) is 8.44. The Bertz CT molecular complexity index is 553. The van der Waals surface area contributed by atoms with E-state index in [2.05, 4.69) is 61.2 Å². The Morgan fingerprint density at radius 1 is 1.22 bits per heavy atom. The molecule has 0 bridgehead atoms. The minimum atomic E-state index is -0.143. The van der Waals surface area contributed by atoms with E-state index < -0.39 is 0 Å². The van der Waals surface area contributed by atoms with E-state index >= 15 is 0 Å². The zero-order valence-electron chi connectivity index (χ0n) is 11.8. The predicted octanol–water partition coefficient (Wildman–Crippen LogP) is 3.15. The molecule has 1 aromatic heterocycles. The molecule has 2 rings (SSSR count). The summed E-state index contributed by atoms with van der Waals surface area (Å²) in [6, 6.07) is 6.47. The lowest BCUT2D eigenvalue weighted by Crippen LogP contribution is -2.34. The van der Waals surface area contributed by atoms with Crippen molar-refractivity contribution in [3.05, 3.63) is 41.3 Å². The smallest absolute Gasteiger partial charge is 0.126 e. The predicted molar refractivity (Wildman–Crippen MR) is 75.6 cm³/mol. The number of H-pyrrole nitrogens is 1. The summed E-state index contributed by atoms with van der Waals surface area (Å²) in [6.07, 6.45) is 1.91. The van der Waals surface area contributed by atoms with Crippen molar-refractivity contribution in [2.45, 2.75) is 33.2 Å². The summed E-state index contributed by atoms with van der Waals surface area (Å²) in [6.45, 7) is 8.45. The summed E-state index contributed by atoms with van der Waals surface area (Å²) >= 11 is 0. The van der Waals surface area contributed by atoms with E-state index in [-0.39, 0.29) is 5.54 Å². The molecule has 3 nitrogen and oxygen atoms in total. The first-order valence-corrected chi connectivity index (χ1v) is 6.26. The maximum Gasteiger partial charge on any atom is 0.126 e. The molecule has 2 N–H and O–H groups in total. The first-order valence-electron chi connectivity index (χ1n) is 6.26. The molecule has 18 heavy (non-hydrogen) atoms. The molecule has 0 saturated carbocycles.